The van der Waals surface area contributed by atoms with Gasteiger partial charge in [0.2, 0.25) is 5.91 Å². The van der Waals surface area contributed by atoms with Gasteiger partial charge in [-0.15, -0.1) is 0 Å². The zero-order valence-electron chi connectivity index (χ0n) is 14.0. The van der Waals surface area contributed by atoms with Crippen molar-refractivity contribution in [2.75, 3.05) is 19.8 Å². The van der Waals surface area contributed by atoms with Crippen LogP contribution in [0.25, 0.3) is 0 Å². The number of ether oxygens (including phenoxy) is 1. The number of amides is 1. The molecular weight excluding hydrogens is 330 g/mol. The maximum Gasteiger partial charge on any atom is 0.308 e. The van der Waals surface area contributed by atoms with E-state index in [2.05, 4.69) is 5.32 Å². The zero-order chi connectivity index (χ0) is 17.7. The normalized spacial score (nSPS) is 17.3. The van der Waals surface area contributed by atoms with Gasteiger partial charge in [0, 0.05) is 24.8 Å². The van der Waals surface area contributed by atoms with E-state index < -0.39 is 17.3 Å². The van der Waals surface area contributed by atoms with Crippen LogP contribution in [0.15, 0.2) is 24.3 Å². The number of carbonyl (C=O) groups is 2. The number of hydrogen-bond donors (Lipinski definition) is 2. The van der Waals surface area contributed by atoms with Crippen LogP contribution in [-0.4, -0.2) is 36.7 Å². The zero-order valence-corrected chi connectivity index (χ0v) is 14.8. The summed E-state index contributed by atoms with van der Waals surface area (Å²) in [7, 11) is 0. The van der Waals surface area contributed by atoms with Gasteiger partial charge in [-0.2, -0.15) is 0 Å². The highest BCUT2D eigenvalue weighted by Gasteiger charge is 2.34. The van der Waals surface area contributed by atoms with Crippen LogP contribution in [0.5, 0.6) is 0 Å². The lowest BCUT2D eigenvalue weighted by Gasteiger charge is -2.30. The minimum Gasteiger partial charge on any atom is -0.481 e. The minimum absolute atomic E-state index is 0.0278. The van der Waals surface area contributed by atoms with Crippen molar-refractivity contribution in [1.82, 2.24) is 5.32 Å². The van der Waals surface area contributed by atoms with Crippen LogP contribution in [0.2, 0.25) is 5.02 Å². The average molecular weight is 354 g/mol. The van der Waals surface area contributed by atoms with E-state index in [0.717, 1.165) is 5.56 Å². The summed E-state index contributed by atoms with van der Waals surface area (Å²) in [6, 6.07) is 7.20. The first-order valence-electron chi connectivity index (χ1n) is 8.18. The van der Waals surface area contributed by atoms with Gasteiger partial charge >= 0.3 is 5.97 Å². The molecule has 6 heteroatoms. The Morgan fingerprint density at radius 3 is 2.54 bits per heavy atom. The molecule has 132 valence electrons. The number of rotatable bonds is 6. The number of carboxylic acids is 1. The Morgan fingerprint density at radius 1 is 1.33 bits per heavy atom. The lowest BCUT2D eigenvalue weighted by Crippen LogP contribution is -2.45. The molecule has 1 aromatic carbocycles. The molecule has 0 bridgehead atoms. The molecule has 1 unspecified atom stereocenters. The van der Waals surface area contributed by atoms with Crippen LogP contribution in [0.1, 0.15) is 32.3 Å². The Morgan fingerprint density at radius 2 is 1.96 bits per heavy atom. The van der Waals surface area contributed by atoms with Gasteiger partial charge in [0.1, 0.15) is 0 Å². The van der Waals surface area contributed by atoms with E-state index in [0.29, 0.717) is 31.1 Å². The monoisotopic (exact) mass is 353 g/mol. The second kappa shape index (κ2) is 7.99. The highest BCUT2D eigenvalue weighted by molar-refractivity contribution is 6.31. The summed E-state index contributed by atoms with van der Waals surface area (Å²) in [4.78, 5) is 24.2. The highest BCUT2D eigenvalue weighted by Crippen LogP contribution is 2.30. The standard InChI is InChI=1S/C18H24ClNO4/c1-18(2,14-5-3-4-6-15(14)19)17(23)20-11-13(16(21)22)12-7-9-24-10-8-12/h3-6,12-13H,7-11H2,1-2H3,(H,20,23)(H,21,22). The first-order chi connectivity index (χ1) is 11.3. The van der Waals surface area contributed by atoms with Crippen LogP contribution in [0, 0.1) is 11.8 Å². The fourth-order valence-corrected chi connectivity index (χ4v) is 3.46. The molecule has 1 fully saturated rings. The minimum atomic E-state index is -0.877. The van der Waals surface area contributed by atoms with E-state index >= 15 is 0 Å². The molecule has 0 spiro atoms. The van der Waals surface area contributed by atoms with Crippen LogP contribution >= 0.6 is 11.6 Å². The SMILES string of the molecule is CC(C)(C(=O)NCC(C(=O)O)C1CCOCC1)c1ccccc1Cl. The summed E-state index contributed by atoms with van der Waals surface area (Å²) in [5, 5.41) is 12.8. The Bertz CT molecular complexity index is 596. The van der Waals surface area contributed by atoms with E-state index in [9.17, 15) is 14.7 Å². The summed E-state index contributed by atoms with van der Waals surface area (Å²) in [5.41, 5.74) is -0.112. The largest absolute Gasteiger partial charge is 0.481 e. The Kier molecular flexibility index (Phi) is 6.24. The summed E-state index contributed by atoms with van der Waals surface area (Å²) in [5.74, 6) is -1.67. The summed E-state index contributed by atoms with van der Waals surface area (Å²) in [6.45, 7) is 4.84. The molecule has 0 saturated carbocycles. The van der Waals surface area contributed by atoms with Crippen molar-refractivity contribution < 1.29 is 19.4 Å². The third kappa shape index (κ3) is 4.28. The molecule has 2 N–H and O–H groups in total. The maximum atomic E-state index is 12.6. The van der Waals surface area contributed by atoms with E-state index in [4.69, 9.17) is 16.3 Å². The van der Waals surface area contributed by atoms with Gasteiger partial charge in [-0.05, 0) is 44.2 Å². The van der Waals surface area contributed by atoms with E-state index in [1.165, 1.54) is 0 Å². The maximum absolute atomic E-state index is 12.6. The second-order valence-corrected chi connectivity index (χ2v) is 7.12. The Balaban J connectivity index is 2.04. The quantitative estimate of drug-likeness (QED) is 0.824. The fourth-order valence-electron chi connectivity index (χ4n) is 3.09. The average Bonchev–Trinajstić information content (AvgIpc) is 2.55. The number of carboxylic acid groups (broad SMARTS) is 1. The van der Waals surface area contributed by atoms with Crippen molar-refractivity contribution in [1.29, 1.82) is 0 Å². The predicted octanol–water partition coefficient (Wildman–Crippen LogP) is 2.86. The number of benzene rings is 1. The second-order valence-electron chi connectivity index (χ2n) is 6.71. The summed E-state index contributed by atoms with van der Waals surface area (Å²) in [6.07, 6.45) is 1.42. The molecule has 1 saturated heterocycles. The van der Waals surface area contributed by atoms with Crippen molar-refractivity contribution in [2.45, 2.75) is 32.1 Å². The molecule has 1 aromatic rings. The molecule has 1 heterocycles. The summed E-state index contributed by atoms with van der Waals surface area (Å²) >= 11 is 6.20. The van der Waals surface area contributed by atoms with Crippen LogP contribution in [0.4, 0.5) is 0 Å². The van der Waals surface area contributed by atoms with Crippen LogP contribution in [-0.2, 0) is 19.7 Å². The molecule has 0 aliphatic carbocycles. The molecule has 0 aromatic heterocycles. The first-order valence-corrected chi connectivity index (χ1v) is 8.55. The topological polar surface area (TPSA) is 75.6 Å². The van der Waals surface area contributed by atoms with E-state index in [-0.39, 0.29) is 18.4 Å². The smallest absolute Gasteiger partial charge is 0.308 e. The van der Waals surface area contributed by atoms with Crippen LogP contribution in [0.3, 0.4) is 0 Å². The number of hydrogen-bond acceptors (Lipinski definition) is 3. The third-order valence-corrected chi connectivity index (χ3v) is 5.08. The van der Waals surface area contributed by atoms with Gasteiger partial charge in [0.25, 0.3) is 0 Å². The third-order valence-electron chi connectivity index (χ3n) is 4.75. The van der Waals surface area contributed by atoms with Crippen molar-refractivity contribution in [3.05, 3.63) is 34.9 Å². The Labute approximate surface area is 147 Å². The van der Waals surface area contributed by atoms with Gasteiger partial charge in [0.15, 0.2) is 0 Å². The molecule has 24 heavy (non-hydrogen) atoms. The van der Waals surface area contributed by atoms with Gasteiger partial charge in [-0.3, -0.25) is 9.59 Å². The van der Waals surface area contributed by atoms with Crippen molar-refractivity contribution in [3.63, 3.8) is 0 Å². The number of nitrogens with one attached hydrogen (secondary N) is 1. The summed E-state index contributed by atoms with van der Waals surface area (Å²) < 4.78 is 5.29. The van der Waals surface area contributed by atoms with Gasteiger partial charge in [-0.25, -0.2) is 0 Å². The Hall–Kier alpha value is -1.59. The molecule has 5 nitrogen and oxygen atoms in total. The van der Waals surface area contributed by atoms with Gasteiger partial charge in [-0.1, -0.05) is 29.8 Å². The molecule has 0 radical (unpaired) electrons. The number of halogens is 1. The molecule has 1 aliphatic rings. The fraction of sp³-hybridized carbons (Fsp3) is 0.556. The van der Waals surface area contributed by atoms with E-state index in [1.807, 2.05) is 18.2 Å². The molecule has 1 atom stereocenters. The number of aliphatic carboxylic acids is 1. The molecule has 1 aliphatic heterocycles. The predicted molar refractivity (Wildman–Crippen MR) is 92.2 cm³/mol. The molecule has 2 rings (SSSR count). The highest BCUT2D eigenvalue weighted by atomic mass is 35.5. The lowest BCUT2D eigenvalue weighted by atomic mass is 9.82. The molecular formula is C18H24ClNO4. The lowest BCUT2D eigenvalue weighted by molar-refractivity contribution is -0.145. The van der Waals surface area contributed by atoms with E-state index in [1.54, 1.807) is 19.9 Å². The first kappa shape index (κ1) is 18.7. The van der Waals surface area contributed by atoms with Gasteiger partial charge in [0.05, 0.1) is 11.3 Å². The number of carbonyl (C=O) groups excluding carboxylic acids is 1. The van der Waals surface area contributed by atoms with Gasteiger partial charge < -0.3 is 15.2 Å². The van der Waals surface area contributed by atoms with Crippen molar-refractivity contribution >= 4 is 23.5 Å². The van der Waals surface area contributed by atoms with Crippen molar-refractivity contribution in [3.8, 4) is 0 Å². The van der Waals surface area contributed by atoms with Crippen molar-refractivity contribution in [2.24, 2.45) is 11.8 Å². The molecule has 1 amide bonds. The van der Waals surface area contributed by atoms with Crippen LogP contribution < -0.4 is 5.32 Å².